The lowest BCUT2D eigenvalue weighted by Crippen LogP contribution is -2.27. The third-order valence-electron chi connectivity index (χ3n) is 3.10. The van der Waals surface area contributed by atoms with Crippen molar-refractivity contribution in [1.29, 1.82) is 0 Å². The highest BCUT2D eigenvalue weighted by Gasteiger charge is 2.12. The van der Waals surface area contributed by atoms with Gasteiger partial charge in [-0.1, -0.05) is 0 Å². The number of esters is 1. The second-order valence-electron chi connectivity index (χ2n) is 4.50. The van der Waals surface area contributed by atoms with Gasteiger partial charge in [0.2, 0.25) is 0 Å². The fourth-order valence-corrected chi connectivity index (χ4v) is 3.13. The zero-order valence-corrected chi connectivity index (χ0v) is 12.9. The molecule has 0 radical (unpaired) electrons. The van der Waals surface area contributed by atoms with Crippen LogP contribution in [0.25, 0.3) is 0 Å². The topological polar surface area (TPSA) is 38.3 Å². The summed E-state index contributed by atoms with van der Waals surface area (Å²) in [6.45, 7) is 4.74. The molecule has 0 aromatic carbocycles. The lowest BCUT2D eigenvalue weighted by Gasteiger charge is -2.22. The van der Waals surface area contributed by atoms with Crippen LogP contribution in [0.4, 0.5) is 0 Å². The molecule has 108 valence electrons. The van der Waals surface area contributed by atoms with Gasteiger partial charge in [-0.25, -0.2) is 0 Å². The van der Waals surface area contributed by atoms with E-state index in [0.717, 1.165) is 18.1 Å². The van der Waals surface area contributed by atoms with Gasteiger partial charge in [0, 0.05) is 6.42 Å². The number of carbonyl (C=O) groups excluding carboxylic acids is 1. The maximum atomic E-state index is 11.1. The zero-order chi connectivity index (χ0) is 12.3. The molecule has 1 aliphatic rings. The molecule has 3 nitrogen and oxygen atoms in total. The van der Waals surface area contributed by atoms with Crippen molar-refractivity contribution in [3.63, 3.8) is 0 Å². The first-order valence-corrected chi connectivity index (χ1v) is 7.92. The Balaban J connectivity index is 0.00000289. The fourth-order valence-electron chi connectivity index (χ4n) is 2.07. The molecule has 0 atom stereocenters. The van der Waals surface area contributed by atoms with Gasteiger partial charge < -0.3 is 10.1 Å². The van der Waals surface area contributed by atoms with Gasteiger partial charge in [0.1, 0.15) is 0 Å². The number of thioether (sulfide) groups is 1. The Morgan fingerprint density at radius 3 is 2.72 bits per heavy atom. The highest BCUT2D eigenvalue weighted by Crippen LogP contribution is 2.19. The Kier molecular flexibility index (Phi) is 12.2. The average molecular weight is 296 g/mol. The van der Waals surface area contributed by atoms with Gasteiger partial charge in [0.15, 0.2) is 0 Å². The monoisotopic (exact) mass is 295 g/mol. The van der Waals surface area contributed by atoms with Crippen molar-refractivity contribution in [3.05, 3.63) is 0 Å². The van der Waals surface area contributed by atoms with Gasteiger partial charge >= 0.3 is 5.97 Å². The third-order valence-corrected chi connectivity index (χ3v) is 4.21. The summed E-state index contributed by atoms with van der Waals surface area (Å²) < 4.78 is 4.89. The first kappa shape index (κ1) is 18.1. The van der Waals surface area contributed by atoms with E-state index in [4.69, 9.17) is 4.74 Å². The van der Waals surface area contributed by atoms with Crippen LogP contribution in [-0.2, 0) is 9.53 Å². The summed E-state index contributed by atoms with van der Waals surface area (Å²) in [6, 6.07) is 0. The second kappa shape index (κ2) is 12.1. The molecule has 18 heavy (non-hydrogen) atoms. The summed E-state index contributed by atoms with van der Waals surface area (Å²) in [4.78, 5) is 11.1. The van der Waals surface area contributed by atoms with Crippen LogP contribution in [0.5, 0.6) is 0 Å². The Bertz CT molecular complexity index is 211. The van der Waals surface area contributed by atoms with Crippen LogP contribution >= 0.6 is 24.2 Å². The summed E-state index contributed by atoms with van der Waals surface area (Å²) in [6.07, 6.45) is 5.54. The van der Waals surface area contributed by atoms with Crippen molar-refractivity contribution in [2.24, 2.45) is 5.92 Å². The second-order valence-corrected chi connectivity index (χ2v) is 5.73. The Morgan fingerprint density at radius 1 is 1.33 bits per heavy atom. The van der Waals surface area contributed by atoms with Gasteiger partial charge in [-0.3, -0.25) is 4.79 Å². The summed E-state index contributed by atoms with van der Waals surface area (Å²) in [5.74, 6) is 3.21. The van der Waals surface area contributed by atoms with Crippen molar-refractivity contribution < 1.29 is 9.53 Å². The molecule has 1 N–H and O–H groups in total. The van der Waals surface area contributed by atoms with E-state index in [1.807, 2.05) is 18.7 Å². The van der Waals surface area contributed by atoms with Crippen LogP contribution < -0.4 is 5.32 Å². The quantitative estimate of drug-likeness (QED) is 0.552. The molecular formula is C13H26ClNO2S. The maximum absolute atomic E-state index is 11.1. The summed E-state index contributed by atoms with van der Waals surface area (Å²) in [5, 5.41) is 3.39. The number of rotatable bonds is 8. The minimum Gasteiger partial charge on any atom is -0.466 e. The molecule has 1 aliphatic heterocycles. The Hall–Kier alpha value is 0.0700. The molecule has 0 aromatic rings. The van der Waals surface area contributed by atoms with Crippen molar-refractivity contribution in [1.82, 2.24) is 5.32 Å². The largest absolute Gasteiger partial charge is 0.466 e. The number of ether oxygens (including phenoxy) is 1. The third kappa shape index (κ3) is 9.06. The van der Waals surface area contributed by atoms with E-state index in [1.165, 1.54) is 38.1 Å². The summed E-state index contributed by atoms with van der Waals surface area (Å²) in [5.41, 5.74) is 0. The minimum atomic E-state index is -0.0496. The van der Waals surface area contributed by atoms with Gasteiger partial charge in [-0.05, 0) is 63.1 Å². The lowest BCUT2D eigenvalue weighted by molar-refractivity contribution is -0.143. The maximum Gasteiger partial charge on any atom is 0.305 e. The number of carbonyl (C=O) groups is 1. The highest BCUT2D eigenvalue weighted by atomic mass is 35.5. The van der Waals surface area contributed by atoms with E-state index < -0.39 is 0 Å². The molecule has 0 aromatic heterocycles. The Labute approximate surface area is 121 Å². The first-order chi connectivity index (χ1) is 8.33. The molecule has 0 unspecified atom stereocenters. The number of hydrogen-bond acceptors (Lipinski definition) is 4. The minimum absolute atomic E-state index is 0. The highest BCUT2D eigenvalue weighted by molar-refractivity contribution is 7.99. The molecular weight excluding hydrogens is 270 g/mol. The lowest BCUT2D eigenvalue weighted by atomic mass is 9.96. The summed E-state index contributed by atoms with van der Waals surface area (Å²) in [7, 11) is 0. The van der Waals surface area contributed by atoms with Gasteiger partial charge in [0.05, 0.1) is 6.61 Å². The standard InChI is InChI=1S/C13H25NO2S.ClH/c1-2-16-13(15)4-3-10-17-11-7-12-5-8-14-9-6-12;/h12,14H,2-11H2,1H3;1H. The molecule has 1 heterocycles. The van der Waals surface area contributed by atoms with Gasteiger partial charge in [-0.15, -0.1) is 12.4 Å². The van der Waals surface area contributed by atoms with E-state index in [-0.39, 0.29) is 18.4 Å². The average Bonchev–Trinajstić information content (AvgIpc) is 2.35. The molecule has 1 rings (SSSR count). The van der Waals surface area contributed by atoms with E-state index in [2.05, 4.69) is 5.32 Å². The number of piperidine rings is 1. The predicted molar refractivity (Wildman–Crippen MR) is 80.7 cm³/mol. The van der Waals surface area contributed by atoms with Crippen LogP contribution in [0.15, 0.2) is 0 Å². The molecule has 0 saturated carbocycles. The number of halogens is 1. The molecule has 0 aliphatic carbocycles. The van der Waals surface area contributed by atoms with Crippen LogP contribution in [-0.4, -0.2) is 37.2 Å². The Morgan fingerprint density at radius 2 is 2.06 bits per heavy atom. The zero-order valence-electron chi connectivity index (χ0n) is 11.3. The van der Waals surface area contributed by atoms with Crippen LogP contribution in [0.1, 0.15) is 39.0 Å². The van der Waals surface area contributed by atoms with Gasteiger partial charge in [-0.2, -0.15) is 11.8 Å². The van der Waals surface area contributed by atoms with Crippen LogP contribution in [0.2, 0.25) is 0 Å². The normalized spacial score (nSPS) is 16.1. The SMILES string of the molecule is CCOC(=O)CCCSCCC1CCNCC1.Cl. The fraction of sp³-hybridized carbons (Fsp3) is 0.923. The molecule has 0 amide bonds. The van der Waals surface area contributed by atoms with Crippen molar-refractivity contribution in [2.75, 3.05) is 31.2 Å². The number of nitrogens with one attached hydrogen (secondary N) is 1. The van der Waals surface area contributed by atoms with Crippen LogP contribution in [0.3, 0.4) is 0 Å². The van der Waals surface area contributed by atoms with E-state index in [0.29, 0.717) is 13.0 Å². The molecule has 0 spiro atoms. The predicted octanol–water partition coefficient (Wildman–Crippen LogP) is 2.87. The van der Waals surface area contributed by atoms with E-state index in [1.54, 1.807) is 0 Å². The van der Waals surface area contributed by atoms with Crippen molar-refractivity contribution >= 4 is 30.1 Å². The molecule has 0 bridgehead atoms. The number of hydrogen-bond donors (Lipinski definition) is 1. The molecule has 5 heteroatoms. The van der Waals surface area contributed by atoms with Gasteiger partial charge in [0.25, 0.3) is 0 Å². The summed E-state index contributed by atoms with van der Waals surface area (Å²) >= 11 is 1.98. The van der Waals surface area contributed by atoms with Crippen molar-refractivity contribution in [3.8, 4) is 0 Å². The van der Waals surface area contributed by atoms with Crippen molar-refractivity contribution in [2.45, 2.75) is 39.0 Å². The van der Waals surface area contributed by atoms with E-state index >= 15 is 0 Å². The molecule has 1 fully saturated rings. The van der Waals surface area contributed by atoms with E-state index in [9.17, 15) is 4.79 Å². The smallest absolute Gasteiger partial charge is 0.305 e. The molecule has 1 saturated heterocycles. The first-order valence-electron chi connectivity index (χ1n) is 6.77. The van der Waals surface area contributed by atoms with Crippen LogP contribution in [0, 0.1) is 5.92 Å².